The SMILES string of the molecule is CCC(Oc1ccccc1)=C(Br)C(=O)OC. The number of ether oxygens (including phenoxy) is 2. The number of rotatable bonds is 4. The van der Waals surface area contributed by atoms with Crippen molar-refractivity contribution >= 4 is 21.9 Å². The van der Waals surface area contributed by atoms with Crippen molar-refractivity contribution in [3.8, 4) is 5.75 Å². The summed E-state index contributed by atoms with van der Waals surface area (Å²) in [5.74, 6) is 0.811. The molecular formula is C12H13BrO3. The van der Waals surface area contributed by atoms with Crippen LogP contribution in [0.25, 0.3) is 0 Å². The van der Waals surface area contributed by atoms with Crippen LogP contribution in [0.1, 0.15) is 13.3 Å². The van der Waals surface area contributed by atoms with Crippen molar-refractivity contribution in [1.29, 1.82) is 0 Å². The van der Waals surface area contributed by atoms with Gasteiger partial charge in [-0.05, 0) is 28.1 Å². The summed E-state index contributed by atoms with van der Waals surface area (Å²) < 4.78 is 10.5. The normalized spacial score (nSPS) is 11.7. The molecule has 86 valence electrons. The van der Waals surface area contributed by atoms with Crippen LogP contribution >= 0.6 is 15.9 Å². The number of benzene rings is 1. The summed E-state index contributed by atoms with van der Waals surface area (Å²) in [7, 11) is 1.33. The van der Waals surface area contributed by atoms with Gasteiger partial charge in [0.05, 0.1) is 7.11 Å². The molecule has 3 nitrogen and oxygen atoms in total. The van der Waals surface area contributed by atoms with Gasteiger partial charge in [-0.15, -0.1) is 0 Å². The molecule has 0 saturated carbocycles. The van der Waals surface area contributed by atoms with Gasteiger partial charge in [-0.25, -0.2) is 4.79 Å². The molecule has 0 aliphatic heterocycles. The Morgan fingerprint density at radius 3 is 2.44 bits per heavy atom. The molecule has 0 radical (unpaired) electrons. The van der Waals surface area contributed by atoms with E-state index in [-0.39, 0.29) is 0 Å². The first-order valence-electron chi connectivity index (χ1n) is 4.89. The van der Waals surface area contributed by atoms with Crippen molar-refractivity contribution in [2.24, 2.45) is 0 Å². The van der Waals surface area contributed by atoms with Crippen LogP contribution < -0.4 is 4.74 Å². The zero-order valence-electron chi connectivity index (χ0n) is 9.20. The first-order valence-corrected chi connectivity index (χ1v) is 5.68. The number of esters is 1. The van der Waals surface area contributed by atoms with Crippen LogP contribution in [0.2, 0.25) is 0 Å². The Kier molecular flexibility index (Phi) is 5.05. The minimum atomic E-state index is -0.437. The van der Waals surface area contributed by atoms with E-state index in [1.165, 1.54) is 7.11 Å². The fraction of sp³-hybridized carbons (Fsp3) is 0.250. The number of methoxy groups -OCH3 is 1. The number of allylic oxidation sites excluding steroid dienone is 1. The summed E-state index contributed by atoms with van der Waals surface area (Å²) >= 11 is 3.17. The number of carbonyl (C=O) groups is 1. The highest BCUT2D eigenvalue weighted by molar-refractivity contribution is 9.12. The molecule has 0 heterocycles. The molecule has 1 rings (SSSR count). The molecule has 0 aliphatic carbocycles. The van der Waals surface area contributed by atoms with E-state index in [0.29, 0.717) is 22.4 Å². The van der Waals surface area contributed by atoms with E-state index in [2.05, 4.69) is 20.7 Å². The Morgan fingerprint density at radius 2 is 1.94 bits per heavy atom. The number of halogens is 1. The third kappa shape index (κ3) is 3.38. The summed E-state index contributed by atoms with van der Waals surface area (Å²) in [6.07, 6.45) is 0.602. The molecule has 0 N–H and O–H groups in total. The van der Waals surface area contributed by atoms with E-state index in [4.69, 9.17) is 4.74 Å². The van der Waals surface area contributed by atoms with Crippen molar-refractivity contribution in [1.82, 2.24) is 0 Å². The average molecular weight is 285 g/mol. The zero-order chi connectivity index (χ0) is 12.0. The minimum Gasteiger partial charge on any atom is -0.465 e. The van der Waals surface area contributed by atoms with E-state index >= 15 is 0 Å². The third-order valence-electron chi connectivity index (χ3n) is 1.91. The maximum absolute atomic E-state index is 11.3. The second kappa shape index (κ2) is 6.33. The van der Waals surface area contributed by atoms with Crippen LogP contribution in [-0.4, -0.2) is 13.1 Å². The fourth-order valence-electron chi connectivity index (χ4n) is 1.11. The van der Waals surface area contributed by atoms with Gasteiger partial charge in [0, 0.05) is 6.42 Å². The molecule has 0 bridgehead atoms. The Morgan fingerprint density at radius 1 is 1.31 bits per heavy atom. The molecule has 0 spiro atoms. The monoisotopic (exact) mass is 284 g/mol. The van der Waals surface area contributed by atoms with Crippen LogP contribution in [-0.2, 0) is 9.53 Å². The minimum absolute atomic E-state index is 0.321. The van der Waals surface area contributed by atoms with Crippen molar-refractivity contribution in [2.75, 3.05) is 7.11 Å². The molecule has 0 saturated heterocycles. The van der Waals surface area contributed by atoms with Gasteiger partial charge < -0.3 is 9.47 Å². The second-order valence-corrected chi connectivity index (χ2v) is 3.79. The van der Waals surface area contributed by atoms with Gasteiger partial charge in [-0.3, -0.25) is 0 Å². The molecule has 1 aromatic rings. The molecule has 4 heteroatoms. The smallest absolute Gasteiger partial charge is 0.348 e. The highest BCUT2D eigenvalue weighted by atomic mass is 79.9. The molecule has 1 aromatic carbocycles. The van der Waals surface area contributed by atoms with E-state index in [9.17, 15) is 4.79 Å². The lowest BCUT2D eigenvalue weighted by molar-refractivity contribution is -0.135. The highest BCUT2D eigenvalue weighted by Crippen LogP contribution is 2.21. The predicted molar refractivity (Wildman–Crippen MR) is 65.3 cm³/mol. The number of para-hydroxylation sites is 1. The van der Waals surface area contributed by atoms with Crippen LogP contribution in [0.5, 0.6) is 5.75 Å². The van der Waals surface area contributed by atoms with Crippen LogP contribution in [0.4, 0.5) is 0 Å². The van der Waals surface area contributed by atoms with Gasteiger partial charge >= 0.3 is 5.97 Å². The van der Waals surface area contributed by atoms with Crippen molar-refractivity contribution in [3.05, 3.63) is 40.6 Å². The number of carbonyl (C=O) groups excluding carboxylic acids is 1. The second-order valence-electron chi connectivity index (χ2n) is 3.00. The molecular weight excluding hydrogens is 272 g/mol. The van der Waals surface area contributed by atoms with Gasteiger partial charge in [-0.1, -0.05) is 25.1 Å². The maximum atomic E-state index is 11.3. The molecule has 0 aromatic heterocycles. The molecule has 0 amide bonds. The van der Waals surface area contributed by atoms with E-state index < -0.39 is 5.97 Å². The van der Waals surface area contributed by atoms with Crippen molar-refractivity contribution < 1.29 is 14.3 Å². The molecule has 0 atom stereocenters. The van der Waals surface area contributed by atoms with Crippen LogP contribution in [0.15, 0.2) is 40.6 Å². The quantitative estimate of drug-likeness (QED) is 0.484. The lowest BCUT2D eigenvalue weighted by atomic mass is 10.3. The predicted octanol–water partition coefficient (Wildman–Crippen LogP) is 3.25. The topological polar surface area (TPSA) is 35.5 Å². The van der Waals surface area contributed by atoms with Crippen molar-refractivity contribution in [2.45, 2.75) is 13.3 Å². The maximum Gasteiger partial charge on any atom is 0.348 e. The highest BCUT2D eigenvalue weighted by Gasteiger charge is 2.13. The van der Waals surface area contributed by atoms with Crippen molar-refractivity contribution in [3.63, 3.8) is 0 Å². The largest absolute Gasteiger partial charge is 0.465 e. The van der Waals surface area contributed by atoms with E-state index in [1.54, 1.807) is 0 Å². The number of hydrogen-bond acceptors (Lipinski definition) is 3. The van der Waals surface area contributed by atoms with E-state index in [0.717, 1.165) is 0 Å². The molecule has 0 fully saturated rings. The van der Waals surface area contributed by atoms with E-state index in [1.807, 2.05) is 37.3 Å². The van der Waals surface area contributed by atoms with Crippen LogP contribution in [0, 0.1) is 0 Å². The summed E-state index contributed by atoms with van der Waals surface area (Å²) in [6, 6.07) is 9.29. The van der Waals surface area contributed by atoms with Gasteiger partial charge in [0.2, 0.25) is 0 Å². The Bertz CT molecular complexity index is 385. The number of hydrogen-bond donors (Lipinski definition) is 0. The summed E-state index contributed by atoms with van der Waals surface area (Å²) in [5.41, 5.74) is 0. The fourth-order valence-corrected chi connectivity index (χ4v) is 1.63. The van der Waals surface area contributed by atoms with Gasteiger partial charge in [0.1, 0.15) is 16.0 Å². The lowest BCUT2D eigenvalue weighted by Gasteiger charge is -2.09. The molecule has 0 aliphatic rings. The lowest BCUT2D eigenvalue weighted by Crippen LogP contribution is -2.06. The summed E-state index contributed by atoms with van der Waals surface area (Å²) in [4.78, 5) is 11.3. The Balaban J connectivity index is 2.88. The Labute approximate surface area is 103 Å². The first-order chi connectivity index (χ1) is 7.69. The standard InChI is InChI=1S/C12H13BrO3/c1-3-10(11(13)12(14)15-2)16-9-7-5-4-6-8-9/h4-8H,3H2,1-2H3. The summed E-state index contributed by atoms with van der Waals surface area (Å²) in [6.45, 7) is 1.91. The Hall–Kier alpha value is -1.29. The average Bonchev–Trinajstić information content (AvgIpc) is 2.35. The first kappa shape index (κ1) is 12.8. The van der Waals surface area contributed by atoms with Gasteiger partial charge in [-0.2, -0.15) is 0 Å². The summed E-state index contributed by atoms with van der Waals surface area (Å²) in [5, 5.41) is 0. The van der Waals surface area contributed by atoms with Gasteiger partial charge in [0.15, 0.2) is 0 Å². The molecule has 0 unspecified atom stereocenters. The third-order valence-corrected chi connectivity index (χ3v) is 2.68. The van der Waals surface area contributed by atoms with Gasteiger partial charge in [0.25, 0.3) is 0 Å². The zero-order valence-corrected chi connectivity index (χ0v) is 10.8. The van der Waals surface area contributed by atoms with Crippen LogP contribution in [0.3, 0.4) is 0 Å². The molecule has 16 heavy (non-hydrogen) atoms.